The van der Waals surface area contributed by atoms with E-state index in [0.717, 1.165) is 19.3 Å². The molecule has 110 valence electrons. The maximum Gasteiger partial charge on any atom is 0.220 e. The fraction of sp³-hybridized carbons (Fsp3) is 0.588. The maximum atomic E-state index is 11.9. The first-order chi connectivity index (χ1) is 9.58. The minimum absolute atomic E-state index is 0.151. The standard InChI is InChI=1S/C17H26N2O/c1-12-5-3-6-13(2)15(12)9-10-19-17(20)11-14-7-4-8-16(14)18/h3,5-6,14,16H,4,7-11,18H2,1-2H3,(H,19,20)/t14-,16+/m0/s1. The fourth-order valence-corrected chi connectivity index (χ4v) is 3.20. The first kappa shape index (κ1) is 15.0. The summed E-state index contributed by atoms with van der Waals surface area (Å²) in [6, 6.07) is 6.55. The third-order valence-corrected chi connectivity index (χ3v) is 4.51. The van der Waals surface area contributed by atoms with Crippen LogP contribution in [0.25, 0.3) is 0 Å². The Morgan fingerprint density at radius 2 is 2.00 bits per heavy atom. The number of benzene rings is 1. The van der Waals surface area contributed by atoms with E-state index in [2.05, 4.69) is 37.4 Å². The van der Waals surface area contributed by atoms with Crippen LogP contribution in [0.4, 0.5) is 0 Å². The van der Waals surface area contributed by atoms with Crippen molar-refractivity contribution < 1.29 is 4.79 Å². The van der Waals surface area contributed by atoms with Crippen LogP contribution in [0.2, 0.25) is 0 Å². The summed E-state index contributed by atoms with van der Waals surface area (Å²) in [6.07, 6.45) is 4.84. The molecule has 0 aliphatic heterocycles. The van der Waals surface area contributed by atoms with E-state index in [0.29, 0.717) is 18.9 Å². The van der Waals surface area contributed by atoms with Gasteiger partial charge in [0.2, 0.25) is 5.91 Å². The molecule has 0 aromatic heterocycles. The number of hydrogen-bond acceptors (Lipinski definition) is 2. The van der Waals surface area contributed by atoms with Crippen molar-refractivity contribution in [3.63, 3.8) is 0 Å². The van der Waals surface area contributed by atoms with Crippen LogP contribution in [0.15, 0.2) is 18.2 Å². The summed E-state index contributed by atoms with van der Waals surface area (Å²) >= 11 is 0. The van der Waals surface area contributed by atoms with Crippen molar-refractivity contribution in [3.05, 3.63) is 34.9 Å². The predicted octanol–water partition coefficient (Wildman–Crippen LogP) is 2.48. The molecule has 1 fully saturated rings. The highest BCUT2D eigenvalue weighted by molar-refractivity contribution is 5.76. The van der Waals surface area contributed by atoms with Crippen molar-refractivity contribution in [3.8, 4) is 0 Å². The molecule has 2 rings (SSSR count). The molecule has 2 atom stereocenters. The second-order valence-corrected chi connectivity index (χ2v) is 6.03. The van der Waals surface area contributed by atoms with Crippen molar-refractivity contribution in [2.45, 2.75) is 52.0 Å². The molecule has 0 radical (unpaired) electrons. The van der Waals surface area contributed by atoms with Gasteiger partial charge in [-0.1, -0.05) is 24.6 Å². The number of carbonyl (C=O) groups is 1. The summed E-state index contributed by atoms with van der Waals surface area (Å²) in [4.78, 5) is 11.9. The average molecular weight is 274 g/mol. The summed E-state index contributed by atoms with van der Waals surface area (Å²) in [5.41, 5.74) is 9.96. The Morgan fingerprint density at radius 3 is 2.60 bits per heavy atom. The zero-order valence-electron chi connectivity index (χ0n) is 12.6. The van der Waals surface area contributed by atoms with Crippen LogP contribution in [0, 0.1) is 19.8 Å². The van der Waals surface area contributed by atoms with Gasteiger partial charge in [-0.3, -0.25) is 4.79 Å². The highest BCUT2D eigenvalue weighted by Gasteiger charge is 2.25. The zero-order valence-corrected chi connectivity index (χ0v) is 12.6. The molecule has 1 amide bonds. The van der Waals surface area contributed by atoms with Crippen LogP contribution < -0.4 is 11.1 Å². The topological polar surface area (TPSA) is 55.1 Å². The molecule has 3 nitrogen and oxygen atoms in total. The van der Waals surface area contributed by atoms with E-state index >= 15 is 0 Å². The molecular formula is C17H26N2O. The smallest absolute Gasteiger partial charge is 0.220 e. The summed E-state index contributed by atoms with van der Waals surface area (Å²) in [5, 5.41) is 3.04. The molecule has 3 N–H and O–H groups in total. The van der Waals surface area contributed by atoms with Gasteiger partial charge in [-0.2, -0.15) is 0 Å². The molecule has 1 aromatic carbocycles. The number of aryl methyl sites for hydroxylation is 2. The van der Waals surface area contributed by atoms with Crippen molar-refractivity contribution in [2.75, 3.05) is 6.54 Å². The lowest BCUT2D eigenvalue weighted by Gasteiger charge is -2.15. The summed E-state index contributed by atoms with van der Waals surface area (Å²) in [5.74, 6) is 0.536. The number of nitrogens with one attached hydrogen (secondary N) is 1. The zero-order chi connectivity index (χ0) is 14.5. The lowest BCUT2D eigenvalue weighted by molar-refractivity contribution is -0.122. The van der Waals surface area contributed by atoms with Crippen molar-refractivity contribution in [2.24, 2.45) is 11.7 Å². The minimum Gasteiger partial charge on any atom is -0.356 e. The molecule has 1 aromatic rings. The van der Waals surface area contributed by atoms with Crippen molar-refractivity contribution in [1.82, 2.24) is 5.32 Å². The molecule has 0 heterocycles. The molecule has 0 bridgehead atoms. The van der Waals surface area contributed by atoms with E-state index in [4.69, 9.17) is 5.73 Å². The van der Waals surface area contributed by atoms with Gasteiger partial charge in [-0.05, 0) is 55.7 Å². The third-order valence-electron chi connectivity index (χ3n) is 4.51. The monoisotopic (exact) mass is 274 g/mol. The van der Waals surface area contributed by atoms with Gasteiger partial charge in [0.05, 0.1) is 0 Å². The predicted molar refractivity (Wildman–Crippen MR) is 82.6 cm³/mol. The maximum absolute atomic E-state index is 11.9. The van der Waals surface area contributed by atoms with Crippen LogP contribution in [0.1, 0.15) is 42.4 Å². The Hall–Kier alpha value is -1.35. The molecule has 1 aliphatic rings. The fourth-order valence-electron chi connectivity index (χ4n) is 3.20. The normalized spacial score (nSPS) is 21.9. The molecule has 1 saturated carbocycles. The van der Waals surface area contributed by atoms with Crippen LogP contribution in [0.5, 0.6) is 0 Å². The second kappa shape index (κ2) is 6.89. The number of hydrogen-bond donors (Lipinski definition) is 2. The Balaban J connectivity index is 1.77. The first-order valence-corrected chi connectivity index (χ1v) is 7.65. The minimum atomic E-state index is 0.151. The molecule has 0 unspecified atom stereocenters. The first-order valence-electron chi connectivity index (χ1n) is 7.65. The number of rotatable bonds is 5. The van der Waals surface area contributed by atoms with Gasteiger partial charge < -0.3 is 11.1 Å². The number of carbonyl (C=O) groups excluding carboxylic acids is 1. The lowest BCUT2D eigenvalue weighted by atomic mass is 9.99. The molecule has 0 saturated heterocycles. The molecular weight excluding hydrogens is 248 g/mol. The molecule has 3 heteroatoms. The van der Waals surface area contributed by atoms with E-state index < -0.39 is 0 Å². The number of nitrogens with two attached hydrogens (primary N) is 1. The molecule has 1 aliphatic carbocycles. The van der Waals surface area contributed by atoms with Crippen LogP contribution in [0.3, 0.4) is 0 Å². The quantitative estimate of drug-likeness (QED) is 0.866. The van der Waals surface area contributed by atoms with Gasteiger partial charge in [-0.15, -0.1) is 0 Å². The summed E-state index contributed by atoms with van der Waals surface area (Å²) in [7, 11) is 0. The van der Waals surface area contributed by atoms with Crippen LogP contribution in [-0.4, -0.2) is 18.5 Å². The summed E-state index contributed by atoms with van der Waals surface area (Å²) < 4.78 is 0. The van der Waals surface area contributed by atoms with E-state index in [1.807, 2.05) is 0 Å². The van der Waals surface area contributed by atoms with E-state index in [-0.39, 0.29) is 11.9 Å². The second-order valence-electron chi connectivity index (χ2n) is 6.03. The molecule has 20 heavy (non-hydrogen) atoms. The summed E-state index contributed by atoms with van der Waals surface area (Å²) in [6.45, 7) is 4.97. The average Bonchev–Trinajstić information content (AvgIpc) is 2.79. The lowest BCUT2D eigenvalue weighted by Crippen LogP contribution is -2.32. The Morgan fingerprint density at radius 1 is 1.30 bits per heavy atom. The van der Waals surface area contributed by atoms with Gasteiger partial charge in [0.25, 0.3) is 0 Å². The highest BCUT2D eigenvalue weighted by Crippen LogP contribution is 2.26. The SMILES string of the molecule is Cc1cccc(C)c1CCNC(=O)C[C@@H]1CCC[C@H]1N. The van der Waals surface area contributed by atoms with Gasteiger partial charge in [-0.25, -0.2) is 0 Å². The van der Waals surface area contributed by atoms with Crippen molar-refractivity contribution in [1.29, 1.82) is 0 Å². The Kier molecular flexibility index (Phi) is 5.18. The van der Waals surface area contributed by atoms with Gasteiger partial charge in [0.1, 0.15) is 0 Å². The van der Waals surface area contributed by atoms with Gasteiger partial charge >= 0.3 is 0 Å². The van der Waals surface area contributed by atoms with Crippen LogP contribution >= 0.6 is 0 Å². The largest absolute Gasteiger partial charge is 0.356 e. The molecule has 0 spiro atoms. The number of amides is 1. The van der Waals surface area contributed by atoms with E-state index in [9.17, 15) is 4.79 Å². The van der Waals surface area contributed by atoms with Crippen molar-refractivity contribution >= 4 is 5.91 Å². The van der Waals surface area contributed by atoms with E-state index in [1.165, 1.54) is 23.1 Å². The van der Waals surface area contributed by atoms with Gasteiger partial charge in [0, 0.05) is 19.0 Å². The van der Waals surface area contributed by atoms with Gasteiger partial charge in [0.15, 0.2) is 0 Å². The Labute approximate surface area is 121 Å². The van der Waals surface area contributed by atoms with Crippen LogP contribution in [-0.2, 0) is 11.2 Å². The Bertz CT molecular complexity index is 450. The highest BCUT2D eigenvalue weighted by atomic mass is 16.1. The third kappa shape index (κ3) is 3.83. The van der Waals surface area contributed by atoms with E-state index in [1.54, 1.807) is 0 Å².